The summed E-state index contributed by atoms with van der Waals surface area (Å²) in [7, 11) is 0. The van der Waals surface area contributed by atoms with Gasteiger partial charge in [0, 0.05) is 19.1 Å². The third-order valence-electron chi connectivity index (χ3n) is 5.91. The molecule has 2 unspecified atom stereocenters. The fraction of sp³-hybridized carbons (Fsp3) is 0.393. The summed E-state index contributed by atoms with van der Waals surface area (Å²) in [4.78, 5) is 2.27. The van der Waals surface area contributed by atoms with E-state index in [2.05, 4.69) is 25.3 Å². The van der Waals surface area contributed by atoms with Crippen LogP contribution in [0.15, 0.2) is 67.3 Å². The van der Waals surface area contributed by atoms with E-state index in [9.17, 15) is 5.11 Å². The molecular weight excluding hydrogens is 426 g/mol. The van der Waals surface area contributed by atoms with Crippen LogP contribution in [0.4, 0.5) is 0 Å². The fourth-order valence-corrected chi connectivity index (χ4v) is 3.83. The van der Waals surface area contributed by atoms with E-state index in [1.54, 1.807) is 6.08 Å². The lowest BCUT2D eigenvalue weighted by Crippen LogP contribution is -2.40. The van der Waals surface area contributed by atoms with Gasteiger partial charge in [-0.1, -0.05) is 43.3 Å². The molecule has 0 saturated carbocycles. The first-order valence-corrected chi connectivity index (χ1v) is 11.9. The number of aliphatic hydroxyl groups excluding tert-OH is 1. The number of nitrogens with zero attached hydrogens (tertiary/aromatic N) is 3. The molecule has 34 heavy (non-hydrogen) atoms. The lowest BCUT2D eigenvalue weighted by molar-refractivity contribution is 0.0155. The number of aryl methyl sites for hydroxylation is 2. The number of para-hydroxylation sites is 1. The number of rotatable bonds is 13. The molecule has 3 aromatic rings. The second-order valence-corrected chi connectivity index (χ2v) is 8.70. The quantitative estimate of drug-likeness (QED) is 0.270. The number of ether oxygens (including phenoxy) is 2. The van der Waals surface area contributed by atoms with Crippen LogP contribution in [0.5, 0.6) is 11.6 Å². The minimum Gasteiger partial charge on any atom is -0.439 e. The molecule has 1 heterocycles. The highest BCUT2D eigenvalue weighted by Gasteiger charge is 2.24. The molecule has 0 spiro atoms. The average molecular weight is 464 g/mol. The van der Waals surface area contributed by atoms with E-state index in [4.69, 9.17) is 14.6 Å². The van der Waals surface area contributed by atoms with E-state index in [0.29, 0.717) is 25.6 Å². The maximum Gasteiger partial charge on any atom is 0.227 e. The molecule has 0 aliphatic heterocycles. The summed E-state index contributed by atoms with van der Waals surface area (Å²) < 4.78 is 13.8. The van der Waals surface area contributed by atoms with E-state index >= 15 is 0 Å². The van der Waals surface area contributed by atoms with Crippen molar-refractivity contribution in [3.05, 3.63) is 84.1 Å². The number of aliphatic hydroxyl groups is 1. The van der Waals surface area contributed by atoms with Crippen molar-refractivity contribution in [3.8, 4) is 17.3 Å². The normalized spacial score (nSPS) is 13.1. The van der Waals surface area contributed by atoms with Crippen molar-refractivity contribution in [1.82, 2.24) is 14.7 Å². The topological polar surface area (TPSA) is 59.8 Å². The molecule has 6 nitrogen and oxygen atoms in total. The second kappa shape index (κ2) is 12.5. The zero-order valence-corrected chi connectivity index (χ0v) is 20.8. The Bertz CT molecular complexity index is 1050. The van der Waals surface area contributed by atoms with Crippen molar-refractivity contribution in [2.75, 3.05) is 19.8 Å². The Labute approximate surface area is 203 Å². The molecule has 0 bridgehead atoms. The molecule has 1 N–H and O–H groups in total. The molecule has 0 saturated heterocycles. The van der Waals surface area contributed by atoms with Crippen LogP contribution < -0.4 is 4.74 Å². The molecule has 0 radical (unpaired) electrons. The summed E-state index contributed by atoms with van der Waals surface area (Å²) in [6.07, 6.45) is 2.05. The minimum absolute atomic E-state index is 0.264. The van der Waals surface area contributed by atoms with Gasteiger partial charge in [0.25, 0.3) is 0 Å². The Balaban J connectivity index is 1.96. The first-order chi connectivity index (χ1) is 16.4. The first-order valence-electron chi connectivity index (χ1n) is 11.9. The molecule has 2 atom stereocenters. The number of benzene rings is 2. The smallest absolute Gasteiger partial charge is 0.227 e. The summed E-state index contributed by atoms with van der Waals surface area (Å²) in [6.45, 7) is 13.8. The third kappa shape index (κ3) is 6.79. The summed E-state index contributed by atoms with van der Waals surface area (Å²) in [5.41, 5.74) is 3.97. The molecular formula is C28H37N3O3. The molecule has 6 heteroatoms. The van der Waals surface area contributed by atoms with Crippen molar-refractivity contribution in [3.63, 3.8) is 0 Å². The Kier molecular flexibility index (Phi) is 9.45. The van der Waals surface area contributed by atoms with Gasteiger partial charge < -0.3 is 14.6 Å². The summed E-state index contributed by atoms with van der Waals surface area (Å²) in [5, 5.41) is 15.4. The maximum absolute atomic E-state index is 10.6. The SMILES string of the molecule is C=CCOCC(O)CN(Cc1c(C)nn(-c2ccccc2)c1Oc1cccc(C)c1)C(C)CC. The van der Waals surface area contributed by atoms with Crippen LogP contribution in [-0.2, 0) is 11.3 Å². The minimum atomic E-state index is -0.598. The van der Waals surface area contributed by atoms with Crippen LogP contribution in [0.2, 0.25) is 0 Å². The molecule has 0 fully saturated rings. The van der Waals surface area contributed by atoms with Crippen molar-refractivity contribution < 1.29 is 14.6 Å². The van der Waals surface area contributed by atoms with Crippen LogP contribution in [0.25, 0.3) is 5.69 Å². The van der Waals surface area contributed by atoms with Crippen molar-refractivity contribution in [2.24, 2.45) is 0 Å². The van der Waals surface area contributed by atoms with Gasteiger partial charge in [-0.25, -0.2) is 4.68 Å². The van der Waals surface area contributed by atoms with Gasteiger partial charge in [-0.3, -0.25) is 4.90 Å². The molecule has 2 aromatic carbocycles. The van der Waals surface area contributed by atoms with Gasteiger partial charge in [-0.2, -0.15) is 5.10 Å². The predicted molar refractivity (Wildman–Crippen MR) is 137 cm³/mol. The largest absolute Gasteiger partial charge is 0.439 e. The van der Waals surface area contributed by atoms with E-state index < -0.39 is 6.10 Å². The fourth-order valence-electron chi connectivity index (χ4n) is 3.83. The highest BCUT2D eigenvalue weighted by Crippen LogP contribution is 2.32. The highest BCUT2D eigenvalue weighted by atomic mass is 16.5. The van der Waals surface area contributed by atoms with Gasteiger partial charge >= 0.3 is 0 Å². The third-order valence-corrected chi connectivity index (χ3v) is 5.91. The van der Waals surface area contributed by atoms with Crippen molar-refractivity contribution >= 4 is 0 Å². The molecule has 0 amide bonds. The first kappa shape index (κ1) is 25.7. The van der Waals surface area contributed by atoms with E-state index in [1.165, 1.54) is 0 Å². The van der Waals surface area contributed by atoms with E-state index in [0.717, 1.165) is 34.7 Å². The molecule has 0 aliphatic carbocycles. The zero-order valence-electron chi connectivity index (χ0n) is 20.8. The standard InChI is InChI=1S/C28H37N3O3/c1-6-16-33-20-25(32)18-30(22(4)7-2)19-27-23(5)29-31(24-13-9-8-10-14-24)28(27)34-26-15-11-12-21(3)17-26/h6,8-15,17,22,25,32H,1,7,16,18-20H2,2-5H3. The predicted octanol–water partition coefficient (Wildman–Crippen LogP) is 5.45. The van der Waals surface area contributed by atoms with Crippen molar-refractivity contribution in [2.45, 2.75) is 52.8 Å². The molecule has 182 valence electrons. The van der Waals surface area contributed by atoms with Crippen molar-refractivity contribution in [1.29, 1.82) is 0 Å². The van der Waals surface area contributed by atoms with Gasteiger partial charge in [-0.15, -0.1) is 6.58 Å². The average Bonchev–Trinajstić information content (AvgIpc) is 3.13. The second-order valence-electron chi connectivity index (χ2n) is 8.70. The van der Waals surface area contributed by atoms with Gasteiger partial charge in [-0.05, 0) is 57.0 Å². The lowest BCUT2D eigenvalue weighted by Gasteiger charge is -2.30. The molecule has 3 rings (SSSR count). The molecule has 1 aromatic heterocycles. The Morgan fingerprint density at radius 3 is 2.59 bits per heavy atom. The molecule has 0 aliphatic rings. The summed E-state index contributed by atoms with van der Waals surface area (Å²) >= 11 is 0. The Morgan fingerprint density at radius 1 is 1.15 bits per heavy atom. The monoisotopic (exact) mass is 463 g/mol. The Hall–Kier alpha value is -2.93. The lowest BCUT2D eigenvalue weighted by atomic mass is 10.1. The van der Waals surface area contributed by atoms with Gasteiger partial charge in [0.1, 0.15) is 5.75 Å². The van der Waals surface area contributed by atoms with Crippen LogP contribution >= 0.6 is 0 Å². The van der Waals surface area contributed by atoms with Gasteiger partial charge in [0.15, 0.2) is 0 Å². The van der Waals surface area contributed by atoms with E-state index in [1.807, 2.05) is 73.1 Å². The van der Waals surface area contributed by atoms with Crippen LogP contribution in [0.3, 0.4) is 0 Å². The summed E-state index contributed by atoms with van der Waals surface area (Å²) in [6, 6.07) is 18.3. The number of hydrogen-bond acceptors (Lipinski definition) is 5. The number of hydrogen-bond donors (Lipinski definition) is 1. The summed E-state index contributed by atoms with van der Waals surface area (Å²) in [5.74, 6) is 1.46. The maximum atomic E-state index is 10.6. The van der Waals surface area contributed by atoms with E-state index in [-0.39, 0.29) is 12.6 Å². The van der Waals surface area contributed by atoms with Gasteiger partial charge in [0.2, 0.25) is 5.88 Å². The number of aromatic nitrogens is 2. The van der Waals surface area contributed by atoms with Gasteiger partial charge in [0.05, 0.1) is 36.3 Å². The Morgan fingerprint density at radius 2 is 1.91 bits per heavy atom. The van der Waals surface area contributed by atoms with Crippen LogP contribution in [0.1, 0.15) is 37.1 Å². The zero-order chi connectivity index (χ0) is 24.5. The van der Waals surface area contributed by atoms with Crippen LogP contribution in [-0.4, -0.2) is 51.7 Å². The highest BCUT2D eigenvalue weighted by molar-refractivity contribution is 5.43. The van der Waals surface area contributed by atoms with Crippen LogP contribution in [0, 0.1) is 13.8 Å².